The first-order chi connectivity index (χ1) is 14.8. The molecule has 1 N–H and O–H groups in total. The van der Waals surface area contributed by atoms with Crippen LogP contribution in [0.2, 0.25) is 0 Å². The molecule has 0 fully saturated rings. The number of amides is 1. The molecular weight excluding hydrogens is 452 g/mol. The lowest BCUT2D eigenvalue weighted by Crippen LogP contribution is -2.33. The number of nitrogens with one attached hydrogen (secondary N) is 1. The van der Waals surface area contributed by atoms with Crippen LogP contribution in [0.3, 0.4) is 0 Å². The van der Waals surface area contributed by atoms with Gasteiger partial charge in [0.15, 0.2) is 0 Å². The number of pyridine rings is 1. The van der Waals surface area contributed by atoms with Gasteiger partial charge < -0.3 is 9.88 Å². The standard InChI is InChI=1S/C26H23BrN2O2/c1-16-11-12-21(13-18(16)3)29(26(31)22-9-4-5-10-23(22)27)15-20-14-19-8-6-7-17(2)24(19)28-25(20)30/h4-14H,15H2,1-3H3,(H,28,30). The van der Waals surface area contributed by atoms with Gasteiger partial charge in [-0.15, -0.1) is 0 Å². The Hall–Kier alpha value is -3.18. The van der Waals surface area contributed by atoms with Gasteiger partial charge in [0.2, 0.25) is 0 Å². The minimum absolute atomic E-state index is 0.167. The molecule has 4 nitrogen and oxygen atoms in total. The molecule has 1 heterocycles. The molecule has 5 heteroatoms. The number of aromatic nitrogens is 1. The zero-order valence-electron chi connectivity index (χ0n) is 17.7. The van der Waals surface area contributed by atoms with Gasteiger partial charge in [-0.05, 0) is 89.1 Å². The highest BCUT2D eigenvalue weighted by atomic mass is 79.9. The van der Waals surface area contributed by atoms with Crippen molar-refractivity contribution in [3.8, 4) is 0 Å². The average molecular weight is 475 g/mol. The Bertz CT molecular complexity index is 1360. The van der Waals surface area contributed by atoms with E-state index in [9.17, 15) is 9.59 Å². The van der Waals surface area contributed by atoms with Crippen LogP contribution in [0.5, 0.6) is 0 Å². The Morgan fingerprint density at radius 2 is 1.68 bits per heavy atom. The summed E-state index contributed by atoms with van der Waals surface area (Å²) in [4.78, 5) is 31.1. The quantitative estimate of drug-likeness (QED) is 0.390. The second kappa shape index (κ2) is 8.52. The van der Waals surface area contributed by atoms with Crippen LogP contribution >= 0.6 is 15.9 Å². The first kappa shape index (κ1) is 21.1. The van der Waals surface area contributed by atoms with Crippen molar-refractivity contribution < 1.29 is 4.79 Å². The summed E-state index contributed by atoms with van der Waals surface area (Å²) in [6.07, 6.45) is 0. The first-order valence-corrected chi connectivity index (χ1v) is 10.9. The van der Waals surface area contributed by atoms with Gasteiger partial charge in [0, 0.05) is 15.7 Å². The lowest BCUT2D eigenvalue weighted by atomic mass is 10.1. The third-order valence-electron chi connectivity index (χ3n) is 5.64. The fourth-order valence-corrected chi connectivity index (χ4v) is 4.12. The van der Waals surface area contributed by atoms with Crippen LogP contribution in [0, 0.1) is 20.8 Å². The van der Waals surface area contributed by atoms with E-state index in [0.29, 0.717) is 11.1 Å². The molecule has 0 unspecified atom stereocenters. The Morgan fingerprint density at radius 1 is 0.903 bits per heavy atom. The number of carbonyl (C=O) groups excluding carboxylic acids is 1. The van der Waals surface area contributed by atoms with Crippen LogP contribution in [0.4, 0.5) is 5.69 Å². The van der Waals surface area contributed by atoms with E-state index in [1.807, 2.05) is 81.4 Å². The van der Waals surface area contributed by atoms with Crippen LogP contribution < -0.4 is 10.5 Å². The SMILES string of the molecule is Cc1ccc(N(Cc2cc3cccc(C)c3[nH]c2=O)C(=O)c2ccccc2Br)cc1C. The number of benzene rings is 3. The predicted octanol–water partition coefficient (Wildman–Crippen LogP) is 6.06. The van der Waals surface area contributed by atoms with Gasteiger partial charge in [0.25, 0.3) is 11.5 Å². The van der Waals surface area contributed by atoms with Crippen LogP contribution in [0.25, 0.3) is 10.9 Å². The molecule has 0 aliphatic carbocycles. The highest BCUT2D eigenvalue weighted by Gasteiger charge is 2.22. The molecule has 0 radical (unpaired) electrons. The van der Waals surface area contributed by atoms with Crippen molar-refractivity contribution in [3.05, 3.63) is 109 Å². The maximum absolute atomic E-state index is 13.6. The van der Waals surface area contributed by atoms with Gasteiger partial charge in [-0.3, -0.25) is 9.59 Å². The molecule has 156 valence electrons. The molecule has 0 aliphatic rings. The van der Waals surface area contributed by atoms with E-state index in [1.165, 1.54) is 0 Å². The normalized spacial score (nSPS) is 11.0. The molecule has 0 saturated carbocycles. The average Bonchev–Trinajstić information content (AvgIpc) is 2.75. The summed E-state index contributed by atoms with van der Waals surface area (Å²) in [5.74, 6) is -0.167. The van der Waals surface area contributed by atoms with Gasteiger partial charge in [-0.25, -0.2) is 0 Å². The molecule has 0 saturated heterocycles. The molecule has 0 spiro atoms. The number of nitrogens with zero attached hydrogens (tertiary/aromatic N) is 1. The van der Waals surface area contributed by atoms with E-state index >= 15 is 0 Å². The number of H-pyrrole nitrogens is 1. The van der Waals surface area contributed by atoms with E-state index in [2.05, 4.69) is 20.9 Å². The number of carbonyl (C=O) groups is 1. The highest BCUT2D eigenvalue weighted by Crippen LogP contribution is 2.26. The number of hydrogen-bond acceptors (Lipinski definition) is 2. The number of rotatable bonds is 4. The summed E-state index contributed by atoms with van der Waals surface area (Å²) in [5.41, 5.74) is 5.73. The Kier molecular flexibility index (Phi) is 5.79. The largest absolute Gasteiger partial charge is 0.321 e. The molecule has 1 amide bonds. The minimum Gasteiger partial charge on any atom is -0.321 e. The summed E-state index contributed by atoms with van der Waals surface area (Å²) < 4.78 is 0.719. The Labute approximate surface area is 189 Å². The third kappa shape index (κ3) is 4.19. The second-order valence-electron chi connectivity index (χ2n) is 7.80. The van der Waals surface area contributed by atoms with E-state index in [0.717, 1.165) is 37.8 Å². The highest BCUT2D eigenvalue weighted by molar-refractivity contribution is 9.10. The second-order valence-corrected chi connectivity index (χ2v) is 8.66. The predicted molar refractivity (Wildman–Crippen MR) is 130 cm³/mol. The number of halogens is 1. The molecule has 0 atom stereocenters. The lowest BCUT2D eigenvalue weighted by Gasteiger charge is -2.24. The zero-order valence-corrected chi connectivity index (χ0v) is 19.3. The number of fused-ring (bicyclic) bond motifs is 1. The Morgan fingerprint density at radius 3 is 2.42 bits per heavy atom. The van der Waals surface area contributed by atoms with E-state index in [4.69, 9.17) is 0 Å². The molecule has 4 rings (SSSR count). The first-order valence-electron chi connectivity index (χ1n) is 10.1. The summed E-state index contributed by atoms with van der Waals surface area (Å²) in [7, 11) is 0. The van der Waals surface area contributed by atoms with Crippen molar-refractivity contribution in [2.24, 2.45) is 0 Å². The smallest absolute Gasteiger partial charge is 0.259 e. The zero-order chi connectivity index (χ0) is 22.1. The van der Waals surface area contributed by atoms with Gasteiger partial charge in [0.05, 0.1) is 17.6 Å². The van der Waals surface area contributed by atoms with Crippen molar-refractivity contribution in [1.82, 2.24) is 4.98 Å². The van der Waals surface area contributed by atoms with Gasteiger partial charge in [-0.2, -0.15) is 0 Å². The molecule has 0 aliphatic heterocycles. The number of hydrogen-bond donors (Lipinski definition) is 1. The fraction of sp³-hybridized carbons (Fsp3) is 0.154. The summed E-state index contributed by atoms with van der Waals surface area (Å²) in [6, 6.07) is 21.0. The third-order valence-corrected chi connectivity index (χ3v) is 6.34. The monoisotopic (exact) mass is 474 g/mol. The van der Waals surface area contributed by atoms with Crippen molar-refractivity contribution in [1.29, 1.82) is 0 Å². The number of aryl methyl sites for hydroxylation is 3. The number of aromatic amines is 1. The molecule has 31 heavy (non-hydrogen) atoms. The van der Waals surface area contributed by atoms with E-state index in [1.54, 1.807) is 11.0 Å². The fourth-order valence-electron chi connectivity index (χ4n) is 3.67. The summed E-state index contributed by atoms with van der Waals surface area (Å²) in [6.45, 7) is 6.19. The minimum atomic E-state index is -0.185. The van der Waals surface area contributed by atoms with E-state index < -0.39 is 0 Å². The van der Waals surface area contributed by atoms with Crippen molar-refractivity contribution in [2.75, 3.05) is 4.90 Å². The number of anilines is 1. The summed E-state index contributed by atoms with van der Waals surface area (Å²) >= 11 is 3.49. The van der Waals surface area contributed by atoms with Crippen molar-refractivity contribution in [2.45, 2.75) is 27.3 Å². The van der Waals surface area contributed by atoms with Gasteiger partial charge in [-0.1, -0.05) is 36.4 Å². The molecule has 4 aromatic rings. The van der Waals surface area contributed by atoms with Crippen molar-refractivity contribution in [3.63, 3.8) is 0 Å². The summed E-state index contributed by atoms with van der Waals surface area (Å²) in [5, 5.41) is 0.947. The Balaban J connectivity index is 1.83. The van der Waals surface area contributed by atoms with Gasteiger partial charge in [0.1, 0.15) is 0 Å². The molecule has 0 bridgehead atoms. The van der Waals surface area contributed by atoms with Crippen LogP contribution in [0.15, 0.2) is 76.0 Å². The topological polar surface area (TPSA) is 53.2 Å². The van der Waals surface area contributed by atoms with E-state index in [-0.39, 0.29) is 18.0 Å². The molecule has 1 aromatic heterocycles. The van der Waals surface area contributed by atoms with Crippen molar-refractivity contribution >= 4 is 38.4 Å². The van der Waals surface area contributed by atoms with Crippen LogP contribution in [0.1, 0.15) is 32.6 Å². The maximum Gasteiger partial charge on any atom is 0.259 e. The molecular formula is C26H23BrN2O2. The van der Waals surface area contributed by atoms with Crippen LogP contribution in [-0.4, -0.2) is 10.9 Å². The van der Waals surface area contributed by atoms with Gasteiger partial charge >= 0.3 is 0 Å². The van der Waals surface area contributed by atoms with Crippen LogP contribution in [-0.2, 0) is 6.54 Å². The molecule has 3 aromatic carbocycles. The number of para-hydroxylation sites is 1. The lowest BCUT2D eigenvalue weighted by molar-refractivity contribution is 0.0984. The maximum atomic E-state index is 13.6.